The van der Waals surface area contributed by atoms with Gasteiger partial charge in [0.15, 0.2) is 11.5 Å². The van der Waals surface area contributed by atoms with Gasteiger partial charge in [-0.1, -0.05) is 18.2 Å². The van der Waals surface area contributed by atoms with Gasteiger partial charge in [0.25, 0.3) is 0 Å². The van der Waals surface area contributed by atoms with Crippen molar-refractivity contribution in [3.05, 3.63) is 84.3 Å². The van der Waals surface area contributed by atoms with Gasteiger partial charge in [-0.25, -0.2) is 23.5 Å². The number of nitrogens with zero attached hydrogens (tertiary/aromatic N) is 5. The molecule has 2 N–H and O–H groups in total. The molecule has 9 nitrogen and oxygen atoms in total. The third-order valence-electron chi connectivity index (χ3n) is 5.78. The number of rotatable bonds is 4. The van der Waals surface area contributed by atoms with E-state index in [1.165, 1.54) is 12.1 Å². The van der Waals surface area contributed by atoms with Gasteiger partial charge in [-0.15, -0.1) is 0 Å². The van der Waals surface area contributed by atoms with E-state index in [0.29, 0.717) is 5.92 Å². The minimum Gasteiger partial charge on any atom is -0.475 e. The first-order valence-electron chi connectivity index (χ1n) is 12.0. The minimum absolute atomic E-state index is 0.192. The fourth-order valence-electron chi connectivity index (χ4n) is 3.81. The zero-order chi connectivity index (χ0) is 31.1. The Balaban J connectivity index is 0.000000289. The van der Waals surface area contributed by atoms with E-state index >= 15 is 0 Å². The Morgan fingerprint density at radius 2 is 1.52 bits per heavy atom. The summed E-state index contributed by atoms with van der Waals surface area (Å²) in [5.74, 6) is -4.49. The molecule has 1 unspecified atom stereocenters. The van der Waals surface area contributed by atoms with Gasteiger partial charge in [-0.2, -0.15) is 31.4 Å². The molecule has 0 spiro atoms. The molecule has 42 heavy (non-hydrogen) atoms. The number of halogens is 7. The van der Waals surface area contributed by atoms with Crippen molar-refractivity contribution >= 4 is 17.6 Å². The lowest BCUT2D eigenvalue weighted by atomic mass is 10.1. The molecular weight excluding hydrogens is 579 g/mol. The van der Waals surface area contributed by atoms with Gasteiger partial charge in [0.2, 0.25) is 0 Å². The lowest BCUT2D eigenvalue weighted by molar-refractivity contribution is -0.193. The van der Waals surface area contributed by atoms with E-state index in [0.717, 1.165) is 54.2 Å². The van der Waals surface area contributed by atoms with Crippen LogP contribution in [0.3, 0.4) is 0 Å². The van der Waals surface area contributed by atoms with Crippen LogP contribution in [0.25, 0.3) is 16.8 Å². The number of aliphatic carboxylic acids is 2. The van der Waals surface area contributed by atoms with E-state index in [9.17, 15) is 30.7 Å². The summed E-state index contributed by atoms with van der Waals surface area (Å²) in [4.78, 5) is 29.1. The predicted molar refractivity (Wildman–Crippen MR) is 133 cm³/mol. The van der Waals surface area contributed by atoms with Crippen molar-refractivity contribution in [2.45, 2.75) is 31.2 Å². The fourth-order valence-corrected chi connectivity index (χ4v) is 3.81. The molecule has 4 aromatic rings. The average molecular weight is 601 g/mol. The SMILES string of the molecule is Fc1ccc(CN2CCC(c3nc4ccc(-c5cccnc5)cn4n3)C2)cc1.O=C(O)C(F)(F)F.O=C(O)C(F)(F)F. The monoisotopic (exact) mass is 601 g/mol. The number of alkyl halides is 6. The molecule has 224 valence electrons. The van der Waals surface area contributed by atoms with Crippen molar-refractivity contribution in [2.24, 2.45) is 0 Å². The Hall–Kier alpha value is -4.60. The van der Waals surface area contributed by atoms with Crippen molar-refractivity contribution in [1.29, 1.82) is 0 Å². The highest BCUT2D eigenvalue weighted by Gasteiger charge is 2.38. The van der Waals surface area contributed by atoms with Crippen LogP contribution in [0.5, 0.6) is 0 Å². The summed E-state index contributed by atoms with van der Waals surface area (Å²) in [6.45, 7) is 2.75. The van der Waals surface area contributed by atoms with Crippen LogP contribution in [0.2, 0.25) is 0 Å². The summed E-state index contributed by atoms with van der Waals surface area (Å²) in [6, 6.07) is 14.8. The molecule has 0 aliphatic carbocycles. The number of hydrogen-bond acceptors (Lipinski definition) is 6. The Kier molecular flexibility index (Phi) is 10.2. The normalized spacial score (nSPS) is 15.4. The molecule has 16 heteroatoms. The largest absolute Gasteiger partial charge is 0.490 e. The summed E-state index contributed by atoms with van der Waals surface area (Å²) in [5.41, 5.74) is 4.12. The van der Waals surface area contributed by atoms with Crippen LogP contribution in [0.15, 0.2) is 67.1 Å². The lowest BCUT2D eigenvalue weighted by Crippen LogP contribution is -2.21. The Labute approximate surface area is 232 Å². The van der Waals surface area contributed by atoms with Crippen LogP contribution in [0, 0.1) is 5.82 Å². The number of pyridine rings is 2. The van der Waals surface area contributed by atoms with E-state index in [-0.39, 0.29) is 5.82 Å². The van der Waals surface area contributed by atoms with Crippen LogP contribution in [-0.4, -0.2) is 72.1 Å². The summed E-state index contributed by atoms with van der Waals surface area (Å²) in [5, 5.41) is 19.0. The molecule has 1 saturated heterocycles. The number of fused-ring (bicyclic) bond motifs is 1. The second-order valence-electron chi connectivity index (χ2n) is 8.89. The third kappa shape index (κ3) is 9.22. The molecule has 4 heterocycles. The van der Waals surface area contributed by atoms with Gasteiger partial charge in [-0.05, 0) is 48.9 Å². The third-order valence-corrected chi connectivity index (χ3v) is 5.78. The molecule has 0 saturated carbocycles. The quantitative estimate of drug-likeness (QED) is 0.307. The Morgan fingerprint density at radius 3 is 2.07 bits per heavy atom. The van der Waals surface area contributed by atoms with E-state index in [1.54, 1.807) is 6.20 Å². The number of carbonyl (C=O) groups is 2. The molecular formula is C26H22F7N5O4. The van der Waals surface area contributed by atoms with Gasteiger partial charge < -0.3 is 10.2 Å². The average Bonchev–Trinajstić information content (AvgIpc) is 3.57. The molecule has 1 aliphatic rings. The highest BCUT2D eigenvalue weighted by Crippen LogP contribution is 2.27. The number of carboxylic acid groups (broad SMARTS) is 2. The molecule has 3 aromatic heterocycles. The van der Waals surface area contributed by atoms with Crippen molar-refractivity contribution in [3.8, 4) is 11.1 Å². The van der Waals surface area contributed by atoms with Crippen molar-refractivity contribution in [3.63, 3.8) is 0 Å². The van der Waals surface area contributed by atoms with Crippen LogP contribution >= 0.6 is 0 Å². The molecule has 1 aromatic carbocycles. The lowest BCUT2D eigenvalue weighted by Gasteiger charge is -2.15. The number of benzene rings is 1. The fraction of sp³-hybridized carbons (Fsp3) is 0.269. The minimum atomic E-state index is -5.08. The molecule has 5 rings (SSSR count). The first kappa shape index (κ1) is 31.9. The molecule has 0 bridgehead atoms. The predicted octanol–water partition coefficient (Wildman–Crippen LogP) is 5.19. The van der Waals surface area contributed by atoms with Crippen LogP contribution in [0.1, 0.15) is 23.7 Å². The second kappa shape index (κ2) is 13.4. The Morgan fingerprint density at radius 1 is 0.905 bits per heavy atom. The summed E-state index contributed by atoms with van der Waals surface area (Å²) in [6.07, 6.45) is -3.50. The second-order valence-corrected chi connectivity index (χ2v) is 8.89. The van der Waals surface area contributed by atoms with Gasteiger partial charge in [-0.3, -0.25) is 9.88 Å². The summed E-state index contributed by atoms with van der Waals surface area (Å²) < 4.78 is 78.4. The molecule has 1 aliphatic heterocycles. The number of carboxylic acids is 2. The topological polar surface area (TPSA) is 121 Å². The van der Waals surface area contributed by atoms with Crippen LogP contribution in [0.4, 0.5) is 30.7 Å². The first-order valence-corrected chi connectivity index (χ1v) is 12.0. The van der Waals surface area contributed by atoms with E-state index < -0.39 is 24.3 Å². The molecule has 1 fully saturated rings. The molecule has 0 radical (unpaired) electrons. The molecule has 1 atom stereocenters. The van der Waals surface area contributed by atoms with Gasteiger partial charge in [0.1, 0.15) is 5.82 Å². The highest BCUT2D eigenvalue weighted by atomic mass is 19.4. The van der Waals surface area contributed by atoms with Crippen LogP contribution in [-0.2, 0) is 16.1 Å². The van der Waals surface area contributed by atoms with Crippen molar-refractivity contribution in [1.82, 2.24) is 24.5 Å². The maximum atomic E-state index is 13.1. The summed E-state index contributed by atoms with van der Waals surface area (Å²) >= 11 is 0. The number of aromatic nitrogens is 4. The van der Waals surface area contributed by atoms with E-state index in [4.69, 9.17) is 29.9 Å². The van der Waals surface area contributed by atoms with E-state index in [2.05, 4.69) is 16.0 Å². The van der Waals surface area contributed by atoms with Crippen molar-refractivity contribution < 1.29 is 50.5 Å². The maximum absolute atomic E-state index is 13.1. The van der Waals surface area contributed by atoms with Gasteiger partial charge in [0.05, 0.1) is 0 Å². The van der Waals surface area contributed by atoms with Gasteiger partial charge >= 0.3 is 24.3 Å². The standard InChI is InChI=1S/C22H20FN5.2C2HF3O2/c23-20-6-3-16(4-7-20)13-27-11-9-19(14-27)22-25-21-8-5-18(15-28(21)26-22)17-2-1-10-24-12-17;2*3-2(4,5)1(6)7/h1-8,10,12,15,19H,9,11,13-14H2;2*(H,6,7). The maximum Gasteiger partial charge on any atom is 0.490 e. The smallest absolute Gasteiger partial charge is 0.475 e. The summed E-state index contributed by atoms with van der Waals surface area (Å²) in [7, 11) is 0. The van der Waals surface area contributed by atoms with Gasteiger partial charge in [0, 0.05) is 48.7 Å². The van der Waals surface area contributed by atoms with E-state index in [1.807, 2.05) is 47.2 Å². The molecule has 0 amide bonds. The first-order chi connectivity index (χ1) is 19.6. The van der Waals surface area contributed by atoms with Crippen LogP contribution < -0.4 is 0 Å². The zero-order valence-corrected chi connectivity index (χ0v) is 21.3. The Bertz CT molecular complexity index is 1470. The number of hydrogen-bond donors (Lipinski definition) is 2. The number of likely N-dealkylation sites (tertiary alicyclic amines) is 1. The highest BCUT2D eigenvalue weighted by molar-refractivity contribution is 5.73. The zero-order valence-electron chi connectivity index (χ0n) is 21.3. The van der Waals surface area contributed by atoms with Crippen molar-refractivity contribution in [2.75, 3.05) is 13.1 Å².